The molecule has 1 aromatic rings. The van der Waals surface area contributed by atoms with Crippen molar-refractivity contribution in [3.63, 3.8) is 0 Å². The van der Waals surface area contributed by atoms with Crippen molar-refractivity contribution in [3.05, 3.63) is 29.3 Å². The zero-order valence-electron chi connectivity index (χ0n) is 11.3. The zero-order valence-corrected chi connectivity index (χ0v) is 11.3. The maximum atomic E-state index is 12.2. The molecular formula is C16H22N2O. The van der Waals surface area contributed by atoms with Crippen LogP contribution in [0.4, 0.5) is 5.69 Å². The standard InChI is InChI=1S/C16H22N2O/c17-14-7-4-12(5-8-14)16(19)18-15-9-6-11-2-1-3-13(11)10-15/h6,9-10,12,14H,1-5,7-8,17H2,(H,18,19). The van der Waals surface area contributed by atoms with Gasteiger partial charge in [-0.1, -0.05) is 6.07 Å². The molecule has 3 heteroatoms. The van der Waals surface area contributed by atoms with Gasteiger partial charge in [-0.15, -0.1) is 0 Å². The van der Waals surface area contributed by atoms with Crippen LogP contribution in [0.2, 0.25) is 0 Å². The second-order valence-electron chi connectivity index (χ2n) is 5.94. The van der Waals surface area contributed by atoms with Gasteiger partial charge in [-0.3, -0.25) is 4.79 Å². The Kier molecular flexibility index (Phi) is 3.56. The quantitative estimate of drug-likeness (QED) is 0.856. The molecule has 0 aliphatic heterocycles. The fourth-order valence-corrected chi connectivity index (χ4v) is 3.28. The second kappa shape index (κ2) is 5.33. The van der Waals surface area contributed by atoms with E-state index in [9.17, 15) is 4.79 Å². The summed E-state index contributed by atoms with van der Waals surface area (Å²) in [5, 5.41) is 3.08. The van der Waals surface area contributed by atoms with Gasteiger partial charge in [-0.25, -0.2) is 0 Å². The van der Waals surface area contributed by atoms with Crippen LogP contribution in [0.1, 0.15) is 43.2 Å². The number of aryl methyl sites for hydroxylation is 2. The van der Waals surface area contributed by atoms with Gasteiger partial charge in [0.2, 0.25) is 5.91 Å². The molecule has 0 bridgehead atoms. The lowest BCUT2D eigenvalue weighted by atomic mass is 9.86. The molecule has 0 atom stereocenters. The smallest absolute Gasteiger partial charge is 0.227 e. The van der Waals surface area contributed by atoms with Crippen molar-refractivity contribution in [2.75, 3.05) is 5.32 Å². The van der Waals surface area contributed by atoms with Gasteiger partial charge in [0.05, 0.1) is 0 Å². The lowest BCUT2D eigenvalue weighted by Gasteiger charge is -2.25. The fraction of sp³-hybridized carbons (Fsp3) is 0.562. The van der Waals surface area contributed by atoms with Gasteiger partial charge in [-0.05, 0) is 68.2 Å². The molecule has 0 radical (unpaired) electrons. The molecule has 0 saturated heterocycles. The summed E-state index contributed by atoms with van der Waals surface area (Å²) in [6.45, 7) is 0. The molecule has 2 aliphatic rings. The highest BCUT2D eigenvalue weighted by atomic mass is 16.1. The van der Waals surface area contributed by atoms with Gasteiger partial charge in [0.1, 0.15) is 0 Å². The number of carbonyl (C=O) groups is 1. The molecule has 3 nitrogen and oxygen atoms in total. The fourth-order valence-electron chi connectivity index (χ4n) is 3.28. The minimum Gasteiger partial charge on any atom is -0.328 e. The molecule has 19 heavy (non-hydrogen) atoms. The average Bonchev–Trinajstić information content (AvgIpc) is 2.87. The summed E-state index contributed by atoms with van der Waals surface area (Å²) in [7, 11) is 0. The van der Waals surface area contributed by atoms with Gasteiger partial charge >= 0.3 is 0 Å². The molecule has 1 amide bonds. The van der Waals surface area contributed by atoms with E-state index in [-0.39, 0.29) is 11.8 Å². The summed E-state index contributed by atoms with van der Waals surface area (Å²) >= 11 is 0. The van der Waals surface area contributed by atoms with E-state index in [1.807, 2.05) is 6.07 Å². The van der Waals surface area contributed by atoms with Crippen LogP contribution in [0.15, 0.2) is 18.2 Å². The zero-order chi connectivity index (χ0) is 13.2. The van der Waals surface area contributed by atoms with E-state index >= 15 is 0 Å². The van der Waals surface area contributed by atoms with Crippen LogP contribution in [-0.4, -0.2) is 11.9 Å². The molecule has 3 N–H and O–H groups in total. The van der Waals surface area contributed by atoms with Crippen molar-refractivity contribution in [2.24, 2.45) is 11.7 Å². The van der Waals surface area contributed by atoms with Gasteiger partial charge in [-0.2, -0.15) is 0 Å². The lowest BCUT2D eigenvalue weighted by Crippen LogP contribution is -2.32. The van der Waals surface area contributed by atoms with E-state index in [1.165, 1.54) is 24.0 Å². The lowest BCUT2D eigenvalue weighted by molar-refractivity contribution is -0.120. The van der Waals surface area contributed by atoms with Crippen LogP contribution >= 0.6 is 0 Å². The number of amides is 1. The third-order valence-electron chi connectivity index (χ3n) is 4.51. The summed E-state index contributed by atoms with van der Waals surface area (Å²) in [6, 6.07) is 6.64. The van der Waals surface area contributed by atoms with E-state index in [1.54, 1.807) is 0 Å². The summed E-state index contributed by atoms with van der Waals surface area (Å²) < 4.78 is 0. The largest absolute Gasteiger partial charge is 0.328 e. The maximum Gasteiger partial charge on any atom is 0.227 e. The first-order chi connectivity index (χ1) is 9.22. The van der Waals surface area contributed by atoms with Crippen LogP contribution in [-0.2, 0) is 17.6 Å². The highest BCUT2D eigenvalue weighted by Gasteiger charge is 2.24. The molecule has 2 aliphatic carbocycles. The van der Waals surface area contributed by atoms with E-state index in [0.717, 1.165) is 37.8 Å². The van der Waals surface area contributed by atoms with Gasteiger partial charge in [0.25, 0.3) is 0 Å². The van der Waals surface area contributed by atoms with Crippen molar-refractivity contribution in [2.45, 2.75) is 51.0 Å². The van der Waals surface area contributed by atoms with Gasteiger partial charge < -0.3 is 11.1 Å². The summed E-state index contributed by atoms with van der Waals surface area (Å²) in [6.07, 6.45) is 7.38. The Hall–Kier alpha value is -1.35. The summed E-state index contributed by atoms with van der Waals surface area (Å²) in [5.41, 5.74) is 9.69. The SMILES string of the molecule is NC1CCC(C(=O)Nc2ccc3c(c2)CCC3)CC1. The number of carbonyl (C=O) groups excluding carboxylic acids is 1. The number of rotatable bonds is 2. The number of hydrogen-bond acceptors (Lipinski definition) is 2. The van der Waals surface area contributed by atoms with Crippen molar-refractivity contribution in [1.29, 1.82) is 0 Å². The minimum absolute atomic E-state index is 0.146. The van der Waals surface area contributed by atoms with Crippen LogP contribution < -0.4 is 11.1 Å². The Balaban J connectivity index is 1.63. The van der Waals surface area contributed by atoms with E-state index in [0.29, 0.717) is 6.04 Å². The predicted octanol–water partition coefficient (Wildman–Crippen LogP) is 2.63. The van der Waals surface area contributed by atoms with Crippen molar-refractivity contribution in [1.82, 2.24) is 0 Å². The van der Waals surface area contributed by atoms with Crippen LogP contribution in [0.3, 0.4) is 0 Å². The Morgan fingerprint density at radius 2 is 1.84 bits per heavy atom. The monoisotopic (exact) mass is 258 g/mol. The van der Waals surface area contributed by atoms with E-state index < -0.39 is 0 Å². The third kappa shape index (κ3) is 2.81. The molecule has 0 spiro atoms. The van der Waals surface area contributed by atoms with Crippen LogP contribution in [0.25, 0.3) is 0 Å². The molecule has 3 rings (SSSR count). The molecule has 1 fully saturated rings. The maximum absolute atomic E-state index is 12.2. The summed E-state index contributed by atoms with van der Waals surface area (Å²) in [5.74, 6) is 0.318. The van der Waals surface area contributed by atoms with Crippen LogP contribution in [0, 0.1) is 5.92 Å². The number of fused-ring (bicyclic) bond motifs is 1. The Morgan fingerprint density at radius 1 is 1.11 bits per heavy atom. The first-order valence-corrected chi connectivity index (χ1v) is 7.40. The first-order valence-electron chi connectivity index (χ1n) is 7.40. The molecule has 1 aromatic carbocycles. The average molecular weight is 258 g/mol. The Labute approximate surface area is 114 Å². The number of benzene rings is 1. The Morgan fingerprint density at radius 3 is 2.63 bits per heavy atom. The normalized spacial score (nSPS) is 25.9. The topological polar surface area (TPSA) is 55.1 Å². The number of hydrogen-bond donors (Lipinski definition) is 2. The van der Waals surface area contributed by atoms with Gasteiger partial charge in [0.15, 0.2) is 0 Å². The third-order valence-corrected chi connectivity index (χ3v) is 4.51. The van der Waals surface area contributed by atoms with Crippen molar-refractivity contribution >= 4 is 11.6 Å². The minimum atomic E-state index is 0.146. The molecule has 0 unspecified atom stereocenters. The molecule has 102 valence electrons. The Bertz CT molecular complexity index is 476. The number of nitrogens with one attached hydrogen (secondary N) is 1. The second-order valence-corrected chi connectivity index (χ2v) is 5.94. The number of anilines is 1. The van der Waals surface area contributed by atoms with E-state index in [4.69, 9.17) is 5.73 Å². The van der Waals surface area contributed by atoms with Crippen molar-refractivity contribution < 1.29 is 4.79 Å². The molecule has 0 heterocycles. The molecule has 1 saturated carbocycles. The molecule has 0 aromatic heterocycles. The first kappa shape index (κ1) is 12.7. The van der Waals surface area contributed by atoms with Crippen molar-refractivity contribution in [3.8, 4) is 0 Å². The molecular weight excluding hydrogens is 236 g/mol. The van der Waals surface area contributed by atoms with Crippen LogP contribution in [0.5, 0.6) is 0 Å². The summed E-state index contributed by atoms with van der Waals surface area (Å²) in [4.78, 5) is 12.2. The van der Waals surface area contributed by atoms with Gasteiger partial charge in [0, 0.05) is 17.6 Å². The highest BCUT2D eigenvalue weighted by molar-refractivity contribution is 5.92. The number of nitrogens with two attached hydrogens (primary N) is 1. The highest BCUT2D eigenvalue weighted by Crippen LogP contribution is 2.27. The van der Waals surface area contributed by atoms with E-state index in [2.05, 4.69) is 17.4 Å². The predicted molar refractivity (Wildman–Crippen MR) is 77.0 cm³/mol.